The quantitative estimate of drug-likeness (QED) is 0.781. The van der Waals surface area contributed by atoms with Crippen molar-refractivity contribution in [2.75, 3.05) is 57.6 Å². The van der Waals surface area contributed by atoms with E-state index >= 15 is 0 Å². The molecule has 3 rings (SSSR count). The molecule has 8 heteroatoms. The standard InChI is InChI=1S/C17H23N5O3/c1-23-13-4-2-3-5-14(13)25-17-15(18)16(20-12-21-17)19-6-7-22-8-10-24-11-9-22/h2-5,12H,6-11,18H2,1H3,(H,19,20,21). The summed E-state index contributed by atoms with van der Waals surface area (Å²) in [6, 6.07) is 7.34. The summed E-state index contributed by atoms with van der Waals surface area (Å²) >= 11 is 0. The molecule has 2 aromatic rings. The highest BCUT2D eigenvalue weighted by molar-refractivity contribution is 5.67. The Kier molecular flexibility index (Phi) is 5.86. The average Bonchev–Trinajstić information content (AvgIpc) is 2.66. The molecule has 1 aromatic carbocycles. The number of methoxy groups -OCH3 is 1. The van der Waals surface area contributed by atoms with E-state index in [1.165, 1.54) is 6.33 Å². The molecule has 0 spiro atoms. The van der Waals surface area contributed by atoms with Crippen molar-refractivity contribution in [2.24, 2.45) is 0 Å². The molecule has 0 unspecified atom stereocenters. The van der Waals surface area contributed by atoms with Crippen molar-refractivity contribution in [2.45, 2.75) is 0 Å². The molecular weight excluding hydrogens is 322 g/mol. The van der Waals surface area contributed by atoms with Crippen molar-refractivity contribution in [3.05, 3.63) is 30.6 Å². The predicted molar refractivity (Wildman–Crippen MR) is 95.3 cm³/mol. The maximum atomic E-state index is 6.16. The van der Waals surface area contributed by atoms with Crippen LogP contribution in [-0.2, 0) is 4.74 Å². The largest absolute Gasteiger partial charge is 0.493 e. The van der Waals surface area contributed by atoms with E-state index in [9.17, 15) is 0 Å². The topological polar surface area (TPSA) is 94.8 Å². The van der Waals surface area contributed by atoms with Gasteiger partial charge in [-0.25, -0.2) is 4.98 Å². The summed E-state index contributed by atoms with van der Waals surface area (Å²) in [5.74, 6) is 2.03. The summed E-state index contributed by atoms with van der Waals surface area (Å²) in [7, 11) is 1.59. The zero-order valence-corrected chi connectivity index (χ0v) is 14.3. The molecule has 0 aliphatic carbocycles. The predicted octanol–water partition coefficient (Wildman–Crippen LogP) is 1.60. The van der Waals surface area contributed by atoms with Crippen LogP contribution in [0.15, 0.2) is 30.6 Å². The third-order valence-corrected chi connectivity index (χ3v) is 3.95. The number of rotatable bonds is 7. The zero-order chi connectivity index (χ0) is 17.5. The van der Waals surface area contributed by atoms with Gasteiger partial charge in [-0.05, 0) is 12.1 Å². The van der Waals surface area contributed by atoms with Gasteiger partial charge in [0, 0.05) is 26.2 Å². The minimum Gasteiger partial charge on any atom is -0.493 e. The second kappa shape index (κ2) is 8.50. The first-order chi connectivity index (χ1) is 12.3. The number of morpholine rings is 1. The summed E-state index contributed by atoms with van der Waals surface area (Å²) in [6.07, 6.45) is 1.43. The highest BCUT2D eigenvalue weighted by Crippen LogP contribution is 2.34. The molecule has 25 heavy (non-hydrogen) atoms. The molecule has 0 amide bonds. The molecule has 0 bridgehead atoms. The first kappa shape index (κ1) is 17.2. The van der Waals surface area contributed by atoms with Crippen LogP contribution in [0.25, 0.3) is 0 Å². The van der Waals surface area contributed by atoms with E-state index in [1.54, 1.807) is 13.2 Å². The molecule has 1 saturated heterocycles. The molecular formula is C17H23N5O3. The van der Waals surface area contributed by atoms with Crippen LogP contribution in [0.2, 0.25) is 0 Å². The molecule has 3 N–H and O–H groups in total. The Balaban J connectivity index is 1.63. The average molecular weight is 345 g/mol. The Hall–Kier alpha value is -2.58. The Morgan fingerprint density at radius 1 is 1.20 bits per heavy atom. The molecule has 1 aromatic heterocycles. The number of benzene rings is 1. The monoisotopic (exact) mass is 345 g/mol. The SMILES string of the molecule is COc1ccccc1Oc1ncnc(NCCN2CCOCC2)c1N. The van der Waals surface area contributed by atoms with Crippen LogP contribution < -0.4 is 20.5 Å². The van der Waals surface area contributed by atoms with Crippen molar-refractivity contribution in [3.8, 4) is 17.4 Å². The van der Waals surface area contributed by atoms with Gasteiger partial charge in [-0.2, -0.15) is 4.98 Å². The molecule has 8 nitrogen and oxygen atoms in total. The third kappa shape index (κ3) is 4.49. The van der Waals surface area contributed by atoms with Gasteiger partial charge in [-0.3, -0.25) is 4.90 Å². The lowest BCUT2D eigenvalue weighted by molar-refractivity contribution is 0.0398. The molecule has 1 aliphatic rings. The number of hydrogen-bond acceptors (Lipinski definition) is 8. The Bertz CT molecular complexity index is 692. The Morgan fingerprint density at radius 3 is 2.72 bits per heavy atom. The second-order valence-corrected chi connectivity index (χ2v) is 5.57. The number of aromatic nitrogens is 2. The van der Waals surface area contributed by atoms with E-state index in [0.717, 1.165) is 39.4 Å². The van der Waals surface area contributed by atoms with Gasteiger partial charge in [0.15, 0.2) is 17.3 Å². The fourth-order valence-corrected chi connectivity index (χ4v) is 2.57. The molecule has 1 fully saturated rings. The van der Waals surface area contributed by atoms with E-state index < -0.39 is 0 Å². The summed E-state index contributed by atoms with van der Waals surface area (Å²) in [5, 5.41) is 3.25. The summed E-state index contributed by atoms with van der Waals surface area (Å²) in [5.41, 5.74) is 6.53. The van der Waals surface area contributed by atoms with Crippen molar-refractivity contribution in [1.82, 2.24) is 14.9 Å². The molecule has 0 saturated carbocycles. The Labute approximate surface area is 146 Å². The van der Waals surface area contributed by atoms with Crippen LogP contribution in [0.4, 0.5) is 11.5 Å². The van der Waals surface area contributed by atoms with Gasteiger partial charge in [0.1, 0.15) is 12.0 Å². The highest BCUT2D eigenvalue weighted by atomic mass is 16.5. The van der Waals surface area contributed by atoms with Crippen molar-refractivity contribution in [3.63, 3.8) is 0 Å². The molecule has 0 atom stereocenters. The molecule has 0 radical (unpaired) electrons. The lowest BCUT2D eigenvalue weighted by Gasteiger charge is -2.26. The molecule has 134 valence electrons. The summed E-state index contributed by atoms with van der Waals surface area (Å²) < 4.78 is 16.4. The van der Waals surface area contributed by atoms with E-state index in [1.807, 2.05) is 18.2 Å². The lowest BCUT2D eigenvalue weighted by atomic mass is 10.3. The fraction of sp³-hybridized carbons (Fsp3) is 0.412. The number of nitrogens with one attached hydrogen (secondary N) is 1. The Morgan fingerprint density at radius 2 is 1.96 bits per heavy atom. The minimum atomic E-state index is 0.299. The third-order valence-electron chi connectivity index (χ3n) is 3.95. The van der Waals surface area contributed by atoms with Crippen LogP contribution >= 0.6 is 0 Å². The van der Waals surface area contributed by atoms with E-state index in [2.05, 4.69) is 20.2 Å². The number of nitrogens with two attached hydrogens (primary N) is 1. The minimum absolute atomic E-state index is 0.299. The van der Waals surface area contributed by atoms with E-state index in [0.29, 0.717) is 28.9 Å². The van der Waals surface area contributed by atoms with Gasteiger partial charge in [-0.1, -0.05) is 12.1 Å². The lowest BCUT2D eigenvalue weighted by Crippen LogP contribution is -2.39. The normalized spacial score (nSPS) is 14.9. The van der Waals surface area contributed by atoms with Gasteiger partial charge in [0.2, 0.25) is 5.88 Å². The second-order valence-electron chi connectivity index (χ2n) is 5.57. The van der Waals surface area contributed by atoms with E-state index in [4.69, 9.17) is 19.9 Å². The smallest absolute Gasteiger partial charge is 0.248 e. The summed E-state index contributed by atoms with van der Waals surface area (Å²) in [4.78, 5) is 10.7. The molecule has 1 aliphatic heterocycles. The summed E-state index contributed by atoms with van der Waals surface area (Å²) in [6.45, 7) is 5.09. The first-order valence-electron chi connectivity index (χ1n) is 8.23. The van der Waals surface area contributed by atoms with Crippen molar-refractivity contribution in [1.29, 1.82) is 0 Å². The van der Waals surface area contributed by atoms with Gasteiger partial charge in [-0.15, -0.1) is 0 Å². The zero-order valence-electron chi connectivity index (χ0n) is 14.3. The van der Waals surface area contributed by atoms with Crippen LogP contribution in [0.5, 0.6) is 17.4 Å². The number of anilines is 2. The van der Waals surface area contributed by atoms with Crippen LogP contribution in [0, 0.1) is 0 Å². The van der Waals surface area contributed by atoms with Crippen molar-refractivity contribution >= 4 is 11.5 Å². The number of nitrogen functional groups attached to an aromatic ring is 1. The number of para-hydroxylation sites is 2. The van der Waals surface area contributed by atoms with Crippen LogP contribution in [0.1, 0.15) is 0 Å². The van der Waals surface area contributed by atoms with E-state index in [-0.39, 0.29) is 0 Å². The fourth-order valence-electron chi connectivity index (χ4n) is 2.57. The number of ether oxygens (including phenoxy) is 3. The van der Waals surface area contributed by atoms with Gasteiger partial charge >= 0.3 is 0 Å². The number of nitrogens with zero attached hydrogens (tertiary/aromatic N) is 3. The first-order valence-corrected chi connectivity index (χ1v) is 8.23. The van der Waals surface area contributed by atoms with Crippen LogP contribution in [-0.4, -0.2) is 61.4 Å². The van der Waals surface area contributed by atoms with Gasteiger partial charge in [0.05, 0.1) is 20.3 Å². The maximum absolute atomic E-state index is 6.16. The van der Waals surface area contributed by atoms with Gasteiger partial charge in [0.25, 0.3) is 0 Å². The van der Waals surface area contributed by atoms with Gasteiger partial charge < -0.3 is 25.3 Å². The molecule has 2 heterocycles. The number of hydrogen-bond donors (Lipinski definition) is 2. The maximum Gasteiger partial charge on any atom is 0.248 e. The van der Waals surface area contributed by atoms with Crippen molar-refractivity contribution < 1.29 is 14.2 Å². The highest BCUT2D eigenvalue weighted by Gasteiger charge is 2.14. The van der Waals surface area contributed by atoms with Crippen LogP contribution in [0.3, 0.4) is 0 Å².